The molecule has 0 aliphatic rings. The summed E-state index contributed by atoms with van der Waals surface area (Å²) in [7, 11) is 0. The summed E-state index contributed by atoms with van der Waals surface area (Å²) in [4.78, 5) is 39.7. The number of H-pyrrole nitrogens is 1. The van der Waals surface area contributed by atoms with Gasteiger partial charge in [-0.25, -0.2) is 9.59 Å². The number of ether oxygens (including phenoxy) is 2. The third-order valence-electron chi connectivity index (χ3n) is 4.40. The number of hydrogen-bond donors (Lipinski definition) is 2. The molecule has 7 heteroatoms. The van der Waals surface area contributed by atoms with Gasteiger partial charge in [-0.05, 0) is 57.4 Å². The molecule has 2 N–H and O–H groups in total. The van der Waals surface area contributed by atoms with E-state index in [2.05, 4.69) is 10.3 Å². The van der Waals surface area contributed by atoms with Gasteiger partial charge < -0.3 is 19.8 Å². The van der Waals surface area contributed by atoms with Crippen molar-refractivity contribution in [3.05, 3.63) is 52.3 Å². The summed E-state index contributed by atoms with van der Waals surface area (Å²) >= 11 is 0. The van der Waals surface area contributed by atoms with E-state index in [9.17, 15) is 14.4 Å². The van der Waals surface area contributed by atoms with Crippen molar-refractivity contribution in [2.75, 3.05) is 11.9 Å². The molecule has 0 spiro atoms. The Kier molecular flexibility index (Phi) is 6.98. The number of benzene rings is 1. The summed E-state index contributed by atoms with van der Waals surface area (Å²) in [6.45, 7) is 8.79. The van der Waals surface area contributed by atoms with Crippen LogP contribution in [0.25, 0.3) is 0 Å². The minimum atomic E-state index is -1.01. The standard InChI is InChI=1S/C21H26N2O5/c1-6-15-8-10-16(11-9-15)23-19(24)14(5)28-21(26)18-12(3)17(13(4)22-18)20(25)27-7-2/h8-11,14,22H,6-7H2,1-5H3,(H,23,24)/t14-/m0/s1. The van der Waals surface area contributed by atoms with Crippen LogP contribution in [0.2, 0.25) is 0 Å². The number of aromatic nitrogens is 1. The van der Waals surface area contributed by atoms with E-state index in [0.717, 1.165) is 12.0 Å². The highest BCUT2D eigenvalue weighted by molar-refractivity contribution is 6.00. The molecular weight excluding hydrogens is 360 g/mol. The van der Waals surface area contributed by atoms with Gasteiger partial charge in [0, 0.05) is 11.4 Å². The Labute approximate surface area is 164 Å². The summed E-state index contributed by atoms with van der Waals surface area (Å²) in [5, 5.41) is 2.72. The molecule has 1 aromatic carbocycles. The Morgan fingerprint density at radius 1 is 1.07 bits per heavy atom. The van der Waals surface area contributed by atoms with E-state index in [4.69, 9.17) is 9.47 Å². The van der Waals surface area contributed by atoms with Crippen LogP contribution in [0, 0.1) is 13.8 Å². The Hall–Kier alpha value is -3.09. The number of amides is 1. The Bertz CT molecular complexity index is 868. The van der Waals surface area contributed by atoms with Crippen molar-refractivity contribution < 1.29 is 23.9 Å². The van der Waals surface area contributed by atoms with Crippen molar-refractivity contribution in [3.63, 3.8) is 0 Å². The number of aryl methyl sites for hydroxylation is 2. The fraction of sp³-hybridized carbons (Fsp3) is 0.381. The molecule has 1 atom stereocenters. The molecule has 0 saturated carbocycles. The van der Waals surface area contributed by atoms with Crippen LogP contribution < -0.4 is 5.32 Å². The molecule has 2 aromatic rings. The van der Waals surface area contributed by atoms with Gasteiger partial charge >= 0.3 is 11.9 Å². The summed E-state index contributed by atoms with van der Waals surface area (Å²) in [5.74, 6) is -1.65. The van der Waals surface area contributed by atoms with Gasteiger partial charge in [-0.3, -0.25) is 4.79 Å². The highest BCUT2D eigenvalue weighted by atomic mass is 16.5. The van der Waals surface area contributed by atoms with E-state index in [1.807, 2.05) is 19.1 Å². The number of anilines is 1. The molecule has 0 bridgehead atoms. The van der Waals surface area contributed by atoms with Gasteiger partial charge in [0.05, 0.1) is 12.2 Å². The molecule has 150 valence electrons. The third kappa shape index (κ3) is 4.79. The number of nitrogens with one attached hydrogen (secondary N) is 2. The minimum absolute atomic E-state index is 0.132. The lowest BCUT2D eigenvalue weighted by Crippen LogP contribution is -2.30. The van der Waals surface area contributed by atoms with Crippen LogP contribution in [0.15, 0.2) is 24.3 Å². The maximum Gasteiger partial charge on any atom is 0.355 e. The normalized spacial score (nSPS) is 11.6. The second-order valence-corrected chi connectivity index (χ2v) is 6.43. The number of aromatic amines is 1. The van der Waals surface area contributed by atoms with Crippen LogP contribution in [0.1, 0.15) is 58.4 Å². The van der Waals surface area contributed by atoms with Crippen LogP contribution in [-0.4, -0.2) is 35.5 Å². The highest BCUT2D eigenvalue weighted by Gasteiger charge is 2.26. The monoisotopic (exact) mass is 386 g/mol. The van der Waals surface area contributed by atoms with E-state index < -0.39 is 23.9 Å². The zero-order valence-electron chi connectivity index (χ0n) is 16.8. The topological polar surface area (TPSA) is 97.5 Å². The average molecular weight is 386 g/mol. The first kappa shape index (κ1) is 21.2. The first-order valence-electron chi connectivity index (χ1n) is 9.25. The zero-order valence-corrected chi connectivity index (χ0v) is 16.8. The van der Waals surface area contributed by atoms with Crippen molar-refractivity contribution in [3.8, 4) is 0 Å². The quantitative estimate of drug-likeness (QED) is 0.709. The van der Waals surface area contributed by atoms with Gasteiger partial charge in [0.15, 0.2) is 6.10 Å². The molecule has 1 heterocycles. The van der Waals surface area contributed by atoms with Gasteiger partial charge in [-0.1, -0.05) is 19.1 Å². The molecular formula is C21H26N2O5. The molecule has 0 fully saturated rings. The predicted octanol–water partition coefficient (Wildman–Crippen LogP) is 3.55. The Morgan fingerprint density at radius 2 is 1.71 bits per heavy atom. The third-order valence-corrected chi connectivity index (χ3v) is 4.40. The lowest BCUT2D eigenvalue weighted by atomic mass is 10.1. The molecule has 7 nitrogen and oxygen atoms in total. The molecule has 0 aliphatic carbocycles. The molecule has 0 unspecified atom stereocenters. The van der Waals surface area contributed by atoms with Gasteiger partial charge in [0.25, 0.3) is 5.91 Å². The number of carbonyl (C=O) groups excluding carboxylic acids is 3. The molecule has 1 aromatic heterocycles. The maximum atomic E-state index is 12.5. The van der Waals surface area contributed by atoms with Crippen molar-refractivity contribution in [1.82, 2.24) is 4.98 Å². The SMILES string of the molecule is CCOC(=O)c1c(C)[nH]c(C(=O)O[C@@H](C)C(=O)Nc2ccc(CC)cc2)c1C. The van der Waals surface area contributed by atoms with E-state index in [1.54, 1.807) is 32.9 Å². The summed E-state index contributed by atoms with van der Waals surface area (Å²) in [6, 6.07) is 7.45. The maximum absolute atomic E-state index is 12.5. The van der Waals surface area contributed by atoms with Crippen LogP contribution >= 0.6 is 0 Å². The van der Waals surface area contributed by atoms with Gasteiger partial charge in [0.2, 0.25) is 0 Å². The summed E-state index contributed by atoms with van der Waals surface area (Å²) in [6.07, 6.45) is -0.0994. The summed E-state index contributed by atoms with van der Waals surface area (Å²) in [5.41, 5.74) is 3.17. The fourth-order valence-corrected chi connectivity index (χ4v) is 2.80. The van der Waals surface area contributed by atoms with Gasteiger partial charge in [0.1, 0.15) is 5.69 Å². The lowest BCUT2D eigenvalue weighted by molar-refractivity contribution is -0.123. The average Bonchev–Trinajstić information content (AvgIpc) is 2.96. The minimum Gasteiger partial charge on any atom is -0.462 e. The van der Waals surface area contributed by atoms with Crippen molar-refractivity contribution >= 4 is 23.5 Å². The lowest BCUT2D eigenvalue weighted by Gasteiger charge is -2.13. The highest BCUT2D eigenvalue weighted by Crippen LogP contribution is 2.20. The number of esters is 2. The molecule has 0 radical (unpaired) electrons. The van der Waals surface area contributed by atoms with E-state index >= 15 is 0 Å². The molecule has 28 heavy (non-hydrogen) atoms. The van der Waals surface area contributed by atoms with Crippen LogP contribution in [0.4, 0.5) is 5.69 Å². The van der Waals surface area contributed by atoms with Crippen molar-refractivity contribution in [2.24, 2.45) is 0 Å². The fourth-order valence-electron chi connectivity index (χ4n) is 2.80. The van der Waals surface area contributed by atoms with Crippen molar-refractivity contribution in [2.45, 2.75) is 47.1 Å². The van der Waals surface area contributed by atoms with Crippen LogP contribution in [0.3, 0.4) is 0 Å². The smallest absolute Gasteiger partial charge is 0.355 e. The first-order chi connectivity index (χ1) is 13.3. The Morgan fingerprint density at radius 3 is 2.29 bits per heavy atom. The first-order valence-corrected chi connectivity index (χ1v) is 9.25. The van der Waals surface area contributed by atoms with Gasteiger partial charge in [-0.2, -0.15) is 0 Å². The predicted molar refractivity (Wildman–Crippen MR) is 106 cm³/mol. The number of hydrogen-bond acceptors (Lipinski definition) is 5. The summed E-state index contributed by atoms with van der Waals surface area (Å²) < 4.78 is 10.3. The van der Waals surface area contributed by atoms with Crippen LogP contribution in [-0.2, 0) is 20.7 Å². The zero-order chi connectivity index (χ0) is 20.8. The molecule has 2 rings (SSSR count). The molecule has 0 aliphatic heterocycles. The Balaban J connectivity index is 2.06. The van der Waals surface area contributed by atoms with E-state index in [1.165, 1.54) is 6.92 Å². The number of rotatable bonds is 7. The molecule has 1 amide bonds. The number of carbonyl (C=O) groups is 3. The second kappa shape index (κ2) is 9.21. The van der Waals surface area contributed by atoms with Crippen LogP contribution in [0.5, 0.6) is 0 Å². The second-order valence-electron chi connectivity index (χ2n) is 6.43. The van der Waals surface area contributed by atoms with Crippen molar-refractivity contribution in [1.29, 1.82) is 0 Å². The molecule has 0 saturated heterocycles. The largest absolute Gasteiger partial charge is 0.462 e. The van der Waals surface area contributed by atoms with Gasteiger partial charge in [-0.15, -0.1) is 0 Å². The van der Waals surface area contributed by atoms with E-state index in [-0.39, 0.29) is 12.3 Å². The van der Waals surface area contributed by atoms with E-state index in [0.29, 0.717) is 22.5 Å².